The van der Waals surface area contributed by atoms with Gasteiger partial charge in [-0.2, -0.15) is 0 Å². The molecule has 0 N–H and O–H groups in total. The molecule has 1 saturated heterocycles. The molecule has 2 aliphatic rings. The molecule has 0 unspecified atom stereocenters. The summed E-state index contributed by atoms with van der Waals surface area (Å²) in [6.07, 6.45) is 5.80. The zero-order valence-electron chi connectivity index (χ0n) is 17.3. The van der Waals surface area contributed by atoms with Gasteiger partial charge < -0.3 is 9.47 Å². The van der Waals surface area contributed by atoms with Crippen LogP contribution >= 0.6 is 23.4 Å². The van der Waals surface area contributed by atoms with Crippen molar-refractivity contribution in [2.24, 2.45) is 4.99 Å². The number of unbranched alkanes of at least 4 members (excludes halogenated alkanes) is 2. The van der Waals surface area contributed by atoms with Crippen molar-refractivity contribution in [1.29, 1.82) is 0 Å². The monoisotopic (exact) mass is 456 g/mol. The maximum absolute atomic E-state index is 12.5. The van der Waals surface area contributed by atoms with Crippen molar-refractivity contribution in [3.63, 3.8) is 0 Å². The van der Waals surface area contributed by atoms with Gasteiger partial charge in [-0.25, -0.2) is 4.99 Å². The van der Waals surface area contributed by atoms with Crippen LogP contribution in [0.15, 0.2) is 59.2 Å². The second-order valence-electron chi connectivity index (χ2n) is 7.37. The van der Waals surface area contributed by atoms with Gasteiger partial charge in [0.1, 0.15) is 17.2 Å². The van der Waals surface area contributed by atoms with Crippen LogP contribution in [0.4, 0.5) is 0 Å². The number of nitrogens with zero attached hydrogens (tertiary/aromatic N) is 2. The number of thioether (sulfide) groups is 1. The molecule has 0 aromatic heterocycles. The summed E-state index contributed by atoms with van der Waals surface area (Å²) in [7, 11) is 0. The number of carbonyl (C=O) groups excluding carboxylic acids is 1. The first-order chi connectivity index (χ1) is 15.2. The highest BCUT2D eigenvalue weighted by Gasteiger charge is 2.32. The molecule has 31 heavy (non-hydrogen) atoms. The molecular formula is C24H25ClN2O3S. The van der Waals surface area contributed by atoms with Gasteiger partial charge in [0, 0.05) is 17.3 Å². The van der Waals surface area contributed by atoms with Crippen LogP contribution in [0.3, 0.4) is 0 Å². The summed E-state index contributed by atoms with van der Waals surface area (Å²) in [6, 6.07) is 15.2. The number of aliphatic imine (C=N–C) groups is 1. The molecule has 2 heterocycles. The zero-order valence-corrected chi connectivity index (χ0v) is 18.8. The van der Waals surface area contributed by atoms with Crippen LogP contribution in [0.2, 0.25) is 5.02 Å². The smallest absolute Gasteiger partial charge is 0.278 e. The number of rotatable bonds is 9. The predicted octanol–water partition coefficient (Wildman–Crippen LogP) is 5.64. The maximum Gasteiger partial charge on any atom is 0.278 e. The summed E-state index contributed by atoms with van der Waals surface area (Å²) >= 11 is 7.52. The van der Waals surface area contributed by atoms with E-state index < -0.39 is 0 Å². The second-order valence-corrected chi connectivity index (χ2v) is 8.87. The van der Waals surface area contributed by atoms with E-state index in [1.807, 2.05) is 54.6 Å². The number of benzene rings is 2. The van der Waals surface area contributed by atoms with E-state index in [-0.39, 0.29) is 5.91 Å². The lowest BCUT2D eigenvalue weighted by Crippen LogP contribution is -2.34. The summed E-state index contributed by atoms with van der Waals surface area (Å²) in [5.41, 5.74) is 1.42. The summed E-state index contributed by atoms with van der Waals surface area (Å²) < 4.78 is 11.6. The van der Waals surface area contributed by atoms with Crippen LogP contribution < -0.4 is 9.47 Å². The first kappa shape index (κ1) is 21.8. The molecule has 0 radical (unpaired) electrons. The van der Waals surface area contributed by atoms with Gasteiger partial charge in [-0.05, 0) is 73.7 Å². The lowest BCUT2D eigenvalue weighted by atomic mass is 10.2. The molecule has 2 aromatic rings. The first-order valence-electron chi connectivity index (χ1n) is 10.6. The van der Waals surface area contributed by atoms with E-state index in [9.17, 15) is 4.79 Å². The highest BCUT2D eigenvalue weighted by Crippen LogP contribution is 2.28. The van der Waals surface area contributed by atoms with Crippen molar-refractivity contribution >= 4 is 40.5 Å². The van der Waals surface area contributed by atoms with Gasteiger partial charge in [-0.1, -0.05) is 35.5 Å². The average Bonchev–Trinajstić information content (AvgIpc) is 3.10. The molecule has 0 aliphatic carbocycles. The molecule has 2 aliphatic heterocycles. The van der Waals surface area contributed by atoms with Crippen LogP contribution in [0.5, 0.6) is 11.5 Å². The normalized spacial score (nSPS) is 16.9. The maximum atomic E-state index is 12.5. The molecule has 0 saturated carbocycles. The minimum absolute atomic E-state index is 0.00524. The Morgan fingerprint density at radius 1 is 1.03 bits per heavy atom. The number of hydrogen-bond donors (Lipinski definition) is 0. The Kier molecular flexibility index (Phi) is 7.54. The van der Waals surface area contributed by atoms with Crippen molar-refractivity contribution in [3.8, 4) is 11.5 Å². The van der Waals surface area contributed by atoms with E-state index in [1.54, 1.807) is 16.7 Å². The van der Waals surface area contributed by atoms with E-state index >= 15 is 0 Å². The van der Waals surface area contributed by atoms with E-state index in [2.05, 4.69) is 4.99 Å². The van der Waals surface area contributed by atoms with Crippen LogP contribution in [-0.2, 0) is 4.79 Å². The van der Waals surface area contributed by atoms with Gasteiger partial charge in [0.15, 0.2) is 5.17 Å². The third kappa shape index (κ3) is 6.05. The summed E-state index contributed by atoms with van der Waals surface area (Å²) in [6.45, 7) is 2.08. The highest BCUT2D eigenvalue weighted by molar-refractivity contribution is 8.13. The third-order valence-electron chi connectivity index (χ3n) is 4.97. The molecule has 0 spiro atoms. The van der Waals surface area contributed by atoms with Crippen molar-refractivity contribution in [1.82, 2.24) is 4.90 Å². The minimum Gasteiger partial charge on any atom is -0.494 e. The van der Waals surface area contributed by atoms with E-state index in [0.717, 1.165) is 60.2 Å². The second kappa shape index (κ2) is 10.7. The number of amidine groups is 1. The van der Waals surface area contributed by atoms with Gasteiger partial charge in [-0.3, -0.25) is 9.69 Å². The Morgan fingerprint density at radius 2 is 1.81 bits per heavy atom. The Hall–Kier alpha value is -2.44. The largest absolute Gasteiger partial charge is 0.494 e. The highest BCUT2D eigenvalue weighted by atomic mass is 35.5. The number of ether oxygens (including phenoxy) is 2. The number of fused-ring (bicyclic) bond motifs is 1. The molecule has 1 amide bonds. The fourth-order valence-corrected chi connectivity index (χ4v) is 4.44. The SMILES string of the molecule is O=C1/C(=C\c2cccc(OCCCCCOc3ccc(Cl)cc3)c2)N=C2SCCCN12. The number of halogens is 1. The molecule has 162 valence electrons. The van der Waals surface area contributed by atoms with E-state index in [4.69, 9.17) is 21.1 Å². The topological polar surface area (TPSA) is 51.1 Å². The van der Waals surface area contributed by atoms with Gasteiger partial charge in [0.2, 0.25) is 0 Å². The Morgan fingerprint density at radius 3 is 2.58 bits per heavy atom. The van der Waals surface area contributed by atoms with Crippen LogP contribution in [0.25, 0.3) is 6.08 Å². The lowest BCUT2D eigenvalue weighted by molar-refractivity contribution is -0.122. The fraction of sp³-hybridized carbons (Fsp3) is 0.333. The number of hydrogen-bond acceptors (Lipinski definition) is 5. The van der Waals surface area contributed by atoms with Crippen molar-refractivity contribution < 1.29 is 14.3 Å². The Labute approximate surface area is 192 Å². The Bertz CT molecular complexity index is 975. The quantitative estimate of drug-likeness (QED) is 0.361. The molecule has 4 rings (SSSR count). The molecule has 1 fully saturated rings. The number of amides is 1. The lowest BCUT2D eigenvalue weighted by Gasteiger charge is -2.21. The van der Waals surface area contributed by atoms with Crippen LogP contribution in [-0.4, -0.2) is 41.5 Å². The van der Waals surface area contributed by atoms with Crippen molar-refractivity contribution in [2.45, 2.75) is 25.7 Å². The van der Waals surface area contributed by atoms with Crippen molar-refractivity contribution in [3.05, 3.63) is 64.8 Å². The van der Waals surface area contributed by atoms with Crippen LogP contribution in [0.1, 0.15) is 31.2 Å². The van der Waals surface area contributed by atoms with Gasteiger partial charge in [0.05, 0.1) is 13.2 Å². The Balaban J connectivity index is 1.20. The molecule has 2 aromatic carbocycles. The average molecular weight is 457 g/mol. The van der Waals surface area contributed by atoms with E-state index in [1.165, 1.54) is 0 Å². The van der Waals surface area contributed by atoms with Gasteiger partial charge in [0.25, 0.3) is 5.91 Å². The first-order valence-corrected chi connectivity index (χ1v) is 11.9. The molecule has 5 nitrogen and oxygen atoms in total. The van der Waals surface area contributed by atoms with Crippen molar-refractivity contribution in [2.75, 3.05) is 25.5 Å². The van der Waals surface area contributed by atoms with Crippen LogP contribution in [0, 0.1) is 0 Å². The van der Waals surface area contributed by atoms with Gasteiger partial charge >= 0.3 is 0 Å². The number of carbonyl (C=O) groups is 1. The molecule has 7 heteroatoms. The fourth-order valence-electron chi connectivity index (χ4n) is 3.37. The predicted molar refractivity (Wildman–Crippen MR) is 127 cm³/mol. The van der Waals surface area contributed by atoms with E-state index in [0.29, 0.717) is 23.9 Å². The minimum atomic E-state index is -0.00524. The zero-order chi connectivity index (χ0) is 21.5. The molecular weight excluding hydrogens is 432 g/mol. The molecule has 0 atom stereocenters. The molecule has 0 bridgehead atoms. The third-order valence-corrected chi connectivity index (χ3v) is 6.28. The summed E-state index contributed by atoms with van der Waals surface area (Å²) in [4.78, 5) is 18.8. The standard InChI is InChI=1S/C24H25ClN2O3S/c25-19-8-10-20(11-9-19)29-13-2-1-3-14-30-21-7-4-6-18(16-21)17-22-23(28)27-12-5-15-31-24(27)26-22/h4,6-11,16-17H,1-3,5,12-15H2/b22-17+. The summed E-state index contributed by atoms with van der Waals surface area (Å²) in [5, 5.41) is 1.54. The van der Waals surface area contributed by atoms with Gasteiger partial charge in [-0.15, -0.1) is 0 Å². The summed E-state index contributed by atoms with van der Waals surface area (Å²) in [5.74, 6) is 2.66.